The SMILES string of the molecule is COC(=O)C1=C(N)N(c2ccc(Br)cc2)C2=C(C(=O)CC(C)(C)C2)C12C(=O)N(C)c1ccccc12. The normalized spacial score (nSPS) is 23.1. The number of rotatable bonds is 2. The molecule has 0 saturated heterocycles. The van der Waals surface area contributed by atoms with Gasteiger partial charge in [-0.3, -0.25) is 14.5 Å². The molecule has 1 spiro atoms. The number of nitrogens with two attached hydrogens (primary N) is 1. The lowest BCUT2D eigenvalue weighted by Gasteiger charge is -2.47. The molecule has 3 aliphatic rings. The van der Waals surface area contributed by atoms with E-state index in [4.69, 9.17) is 10.5 Å². The van der Waals surface area contributed by atoms with E-state index >= 15 is 0 Å². The number of ketones is 1. The molecule has 2 aromatic rings. The van der Waals surface area contributed by atoms with Crippen LogP contribution in [-0.2, 0) is 24.5 Å². The number of nitrogens with zero attached hydrogens (tertiary/aromatic N) is 2. The Morgan fingerprint density at radius 2 is 1.71 bits per heavy atom. The molecule has 0 aromatic heterocycles. The molecule has 0 radical (unpaired) electrons. The Bertz CT molecular complexity index is 1360. The van der Waals surface area contributed by atoms with E-state index < -0.39 is 17.3 Å². The van der Waals surface area contributed by atoms with Gasteiger partial charge in [-0.25, -0.2) is 4.79 Å². The van der Waals surface area contributed by atoms with E-state index in [1.165, 1.54) is 12.0 Å². The summed E-state index contributed by atoms with van der Waals surface area (Å²) in [4.78, 5) is 44.8. The molecule has 8 heteroatoms. The zero-order valence-electron chi connectivity index (χ0n) is 20.0. The number of fused-ring (bicyclic) bond motifs is 3. The van der Waals surface area contributed by atoms with Gasteiger partial charge in [-0.15, -0.1) is 0 Å². The van der Waals surface area contributed by atoms with Crippen molar-refractivity contribution < 1.29 is 19.1 Å². The van der Waals surface area contributed by atoms with Crippen molar-refractivity contribution in [1.82, 2.24) is 0 Å². The first kappa shape index (κ1) is 23.4. The van der Waals surface area contributed by atoms with E-state index in [0.717, 1.165) is 4.47 Å². The standard InChI is InChI=1S/C27H26BrN3O4/c1-26(2)13-19-21(20(32)14-26)27(17-7-5-6-8-18(17)30(3)25(27)34)22(24(33)35-4)23(29)31(19)16-11-9-15(28)10-12-16/h5-12H,13-14,29H2,1-4H3. The molecule has 0 bridgehead atoms. The highest BCUT2D eigenvalue weighted by Crippen LogP contribution is 2.58. The maximum Gasteiger partial charge on any atom is 0.339 e. The topological polar surface area (TPSA) is 92.9 Å². The molecule has 1 unspecified atom stereocenters. The maximum absolute atomic E-state index is 14.2. The molecule has 0 saturated carbocycles. The van der Waals surface area contributed by atoms with Crippen LogP contribution >= 0.6 is 15.9 Å². The lowest BCUT2D eigenvalue weighted by atomic mass is 9.60. The van der Waals surface area contributed by atoms with Crippen molar-refractivity contribution in [1.29, 1.82) is 0 Å². The highest BCUT2D eigenvalue weighted by Gasteiger charge is 2.64. The third-order valence-corrected chi connectivity index (χ3v) is 7.67. The highest BCUT2D eigenvalue weighted by molar-refractivity contribution is 9.10. The first-order valence-corrected chi connectivity index (χ1v) is 12.1. The van der Waals surface area contributed by atoms with Crippen molar-refractivity contribution in [3.8, 4) is 0 Å². The van der Waals surface area contributed by atoms with Crippen LogP contribution in [0.15, 0.2) is 75.7 Å². The second-order valence-corrected chi connectivity index (χ2v) is 10.9. The fourth-order valence-electron chi connectivity index (χ4n) is 5.77. The van der Waals surface area contributed by atoms with Crippen LogP contribution in [0.5, 0.6) is 0 Å². The lowest BCUT2D eigenvalue weighted by molar-refractivity contribution is -0.138. The van der Waals surface area contributed by atoms with Gasteiger partial charge in [0.1, 0.15) is 16.8 Å². The van der Waals surface area contributed by atoms with Gasteiger partial charge in [0.2, 0.25) is 5.91 Å². The summed E-state index contributed by atoms with van der Waals surface area (Å²) in [5.74, 6) is -1.22. The largest absolute Gasteiger partial charge is 0.466 e. The molecule has 180 valence electrons. The van der Waals surface area contributed by atoms with Gasteiger partial charge in [0.25, 0.3) is 0 Å². The Morgan fingerprint density at radius 3 is 2.37 bits per heavy atom. The van der Waals surface area contributed by atoms with Gasteiger partial charge in [0.15, 0.2) is 5.78 Å². The van der Waals surface area contributed by atoms with Crippen molar-refractivity contribution in [2.24, 2.45) is 11.1 Å². The van der Waals surface area contributed by atoms with Gasteiger partial charge in [-0.1, -0.05) is 48.0 Å². The summed E-state index contributed by atoms with van der Waals surface area (Å²) in [6, 6.07) is 14.7. The van der Waals surface area contributed by atoms with Crippen LogP contribution in [0.25, 0.3) is 0 Å². The summed E-state index contributed by atoms with van der Waals surface area (Å²) in [5, 5.41) is 0. The number of ether oxygens (including phenoxy) is 1. The summed E-state index contributed by atoms with van der Waals surface area (Å²) >= 11 is 3.46. The van der Waals surface area contributed by atoms with Crippen LogP contribution in [0.1, 0.15) is 32.3 Å². The number of hydrogen-bond donors (Lipinski definition) is 1. The van der Waals surface area contributed by atoms with Crippen molar-refractivity contribution in [3.05, 3.63) is 81.2 Å². The zero-order valence-corrected chi connectivity index (χ0v) is 21.6. The Hall–Kier alpha value is -3.39. The third-order valence-electron chi connectivity index (χ3n) is 7.14. The molecule has 2 aromatic carbocycles. The lowest BCUT2D eigenvalue weighted by Crippen LogP contribution is -2.55. The van der Waals surface area contributed by atoms with Crippen LogP contribution in [0.2, 0.25) is 0 Å². The summed E-state index contributed by atoms with van der Waals surface area (Å²) < 4.78 is 6.07. The molecule has 1 amide bonds. The first-order chi connectivity index (χ1) is 16.5. The Balaban J connectivity index is 1.94. The quantitative estimate of drug-likeness (QED) is 0.580. The fourth-order valence-corrected chi connectivity index (χ4v) is 6.03. The number of Topliss-reactive ketones (excluding diaryl/α,β-unsaturated/α-hetero) is 1. The summed E-state index contributed by atoms with van der Waals surface area (Å²) in [6.07, 6.45) is 0.746. The highest BCUT2D eigenvalue weighted by atomic mass is 79.9. The molecule has 0 fully saturated rings. The van der Waals surface area contributed by atoms with Crippen LogP contribution in [0.4, 0.5) is 11.4 Å². The number of hydrogen-bond acceptors (Lipinski definition) is 6. The summed E-state index contributed by atoms with van der Waals surface area (Å²) in [7, 11) is 2.91. The van der Waals surface area contributed by atoms with Gasteiger partial charge >= 0.3 is 5.97 Å². The number of esters is 1. The number of carbonyl (C=O) groups excluding carboxylic acids is 3. The van der Waals surface area contributed by atoms with Gasteiger partial charge in [-0.2, -0.15) is 0 Å². The molecule has 35 heavy (non-hydrogen) atoms. The number of allylic oxidation sites excluding steroid dienone is 1. The van der Waals surface area contributed by atoms with Crippen LogP contribution in [0.3, 0.4) is 0 Å². The van der Waals surface area contributed by atoms with Crippen molar-refractivity contribution in [3.63, 3.8) is 0 Å². The number of amides is 1. The number of methoxy groups -OCH3 is 1. The third kappa shape index (κ3) is 3.12. The maximum atomic E-state index is 14.2. The molecule has 2 aliphatic heterocycles. The predicted octanol–water partition coefficient (Wildman–Crippen LogP) is 4.17. The average molecular weight is 536 g/mol. The number of halogens is 1. The van der Waals surface area contributed by atoms with Crippen molar-refractivity contribution >= 4 is 45.0 Å². The van der Waals surface area contributed by atoms with Gasteiger partial charge in [0, 0.05) is 46.1 Å². The average Bonchev–Trinajstić information content (AvgIpc) is 3.02. The minimum Gasteiger partial charge on any atom is -0.466 e. The van der Waals surface area contributed by atoms with Crippen LogP contribution in [0, 0.1) is 5.41 Å². The van der Waals surface area contributed by atoms with E-state index in [2.05, 4.69) is 15.9 Å². The number of para-hydroxylation sites is 1. The minimum atomic E-state index is -1.67. The van der Waals surface area contributed by atoms with Gasteiger partial charge in [0.05, 0.1) is 7.11 Å². The number of anilines is 2. The van der Waals surface area contributed by atoms with Crippen molar-refractivity contribution in [2.45, 2.75) is 32.1 Å². The van der Waals surface area contributed by atoms with E-state index in [1.807, 2.05) is 50.2 Å². The van der Waals surface area contributed by atoms with Crippen LogP contribution < -0.4 is 15.5 Å². The molecule has 2 N–H and O–H groups in total. The molecule has 1 aliphatic carbocycles. The summed E-state index contributed by atoms with van der Waals surface area (Å²) in [5.41, 5.74) is 7.57. The molecular formula is C27H26BrN3O4. The molecule has 7 nitrogen and oxygen atoms in total. The number of carbonyl (C=O) groups is 3. The first-order valence-electron chi connectivity index (χ1n) is 11.3. The number of likely N-dealkylation sites (N-methyl/N-ethyl adjacent to an activating group) is 1. The second-order valence-electron chi connectivity index (χ2n) is 9.96. The zero-order chi connectivity index (χ0) is 25.3. The molecule has 1 atom stereocenters. The minimum absolute atomic E-state index is 0.0310. The second kappa shape index (κ2) is 7.81. The van der Waals surface area contributed by atoms with Gasteiger partial charge < -0.3 is 15.4 Å². The fraction of sp³-hybridized carbons (Fsp3) is 0.296. The van der Waals surface area contributed by atoms with Gasteiger partial charge in [-0.05, 0) is 42.2 Å². The van der Waals surface area contributed by atoms with Crippen molar-refractivity contribution in [2.75, 3.05) is 24.0 Å². The number of benzene rings is 2. The van der Waals surface area contributed by atoms with E-state index in [0.29, 0.717) is 34.6 Å². The smallest absolute Gasteiger partial charge is 0.339 e. The Kier molecular flexibility index (Phi) is 5.21. The molecule has 5 rings (SSSR count). The predicted molar refractivity (Wildman–Crippen MR) is 136 cm³/mol. The van der Waals surface area contributed by atoms with E-state index in [9.17, 15) is 14.4 Å². The summed E-state index contributed by atoms with van der Waals surface area (Å²) in [6.45, 7) is 4.04. The van der Waals surface area contributed by atoms with E-state index in [1.54, 1.807) is 24.1 Å². The Morgan fingerprint density at radius 1 is 1.06 bits per heavy atom. The Labute approximate surface area is 212 Å². The molecule has 2 heterocycles. The molecular weight excluding hydrogens is 510 g/mol. The monoisotopic (exact) mass is 535 g/mol. The van der Waals surface area contributed by atoms with E-state index in [-0.39, 0.29) is 29.0 Å². The van der Waals surface area contributed by atoms with Crippen LogP contribution in [-0.4, -0.2) is 31.8 Å².